The minimum absolute atomic E-state index is 0.127. The lowest BCUT2D eigenvalue weighted by molar-refractivity contribution is -0.139. The molecular weight excluding hydrogens is 466 g/mol. The van der Waals surface area contributed by atoms with E-state index in [4.69, 9.17) is 16.3 Å². The quantitative estimate of drug-likeness (QED) is 0.517. The highest BCUT2D eigenvalue weighted by molar-refractivity contribution is 7.92. The minimum atomic E-state index is -3.78. The Hall–Kier alpha value is -2.78. The molecule has 2 aromatic carbocycles. The van der Waals surface area contributed by atoms with Gasteiger partial charge in [0.2, 0.25) is 21.8 Å². The Labute approximate surface area is 200 Å². The van der Waals surface area contributed by atoms with Crippen molar-refractivity contribution in [1.29, 1.82) is 0 Å². The summed E-state index contributed by atoms with van der Waals surface area (Å²) < 4.78 is 31.1. The van der Waals surface area contributed by atoms with Crippen molar-refractivity contribution < 1.29 is 22.7 Å². The molecule has 0 saturated heterocycles. The van der Waals surface area contributed by atoms with Crippen LogP contribution in [-0.4, -0.2) is 57.6 Å². The van der Waals surface area contributed by atoms with E-state index in [1.54, 1.807) is 50.4 Å². The molecule has 0 fully saturated rings. The number of halogens is 1. The number of nitrogens with one attached hydrogen (secondary N) is 1. The number of ether oxygens (including phenoxy) is 1. The molecule has 0 aromatic heterocycles. The van der Waals surface area contributed by atoms with Crippen molar-refractivity contribution in [1.82, 2.24) is 10.2 Å². The van der Waals surface area contributed by atoms with Crippen molar-refractivity contribution in [2.45, 2.75) is 32.9 Å². The van der Waals surface area contributed by atoms with Crippen LogP contribution in [0.25, 0.3) is 0 Å². The molecule has 180 valence electrons. The standard InChI is InChI=1S/C23H30ClN3O5S/c1-5-14-25-23(29)17(2)26(15-18-6-12-21(32-3)13-7-18)22(28)16-27(33(4,30)31)20-10-8-19(24)9-11-20/h6-13,17H,5,14-16H2,1-4H3,(H,25,29). The zero-order chi connectivity index (χ0) is 24.6. The van der Waals surface area contributed by atoms with Crippen LogP contribution < -0.4 is 14.4 Å². The highest BCUT2D eigenvalue weighted by atomic mass is 35.5. The summed E-state index contributed by atoms with van der Waals surface area (Å²) in [6.07, 6.45) is 1.78. The Morgan fingerprint density at radius 1 is 1.09 bits per heavy atom. The van der Waals surface area contributed by atoms with Crippen LogP contribution in [0.3, 0.4) is 0 Å². The third-order valence-electron chi connectivity index (χ3n) is 5.02. The zero-order valence-corrected chi connectivity index (χ0v) is 20.8. The van der Waals surface area contributed by atoms with Crippen molar-refractivity contribution in [3.05, 3.63) is 59.1 Å². The van der Waals surface area contributed by atoms with Gasteiger partial charge in [0.25, 0.3) is 0 Å². The van der Waals surface area contributed by atoms with Gasteiger partial charge in [-0.1, -0.05) is 30.7 Å². The van der Waals surface area contributed by atoms with Crippen LogP contribution in [0.1, 0.15) is 25.8 Å². The maximum atomic E-state index is 13.4. The van der Waals surface area contributed by atoms with E-state index in [2.05, 4.69) is 5.32 Å². The van der Waals surface area contributed by atoms with Gasteiger partial charge in [-0.05, 0) is 55.3 Å². The molecule has 0 heterocycles. The number of hydrogen-bond acceptors (Lipinski definition) is 5. The number of hydrogen-bond donors (Lipinski definition) is 1. The topological polar surface area (TPSA) is 96.0 Å². The van der Waals surface area contributed by atoms with Gasteiger partial charge in [0.15, 0.2) is 0 Å². The van der Waals surface area contributed by atoms with Crippen molar-refractivity contribution in [2.75, 3.05) is 30.8 Å². The Balaban J connectivity index is 2.34. The lowest BCUT2D eigenvalue weighted by atomic mass is 10.1. The smallest absolute Gasteiger partial charge is 0.244 e. The Bertz CT molecular complexity index is 1040. The number of carbonyl (C=O) groups excluding carboxylic acids is 2. The van der Waals surface area contributed by atoms with Crippen molar-refractivity contribution in [2.24, 2.45) is 0 Å². The van der Waals surface area contributed by atoms with E-state index >= 15 is 0 Å². The highest BCUT2D eigenvalue weighted by Crippen LogP contribution is 2.22. The number of carbonyl (C=O) groups is 2. The Morgan fingerprint density at radius 2 is 1.70 bits per heavy atom. The van der Waals surface area contributed by atoms with E-state index in [-0.39, 0.29) is 12.5 Å². The molecule has 0 aliphatic carbocycles. The van der Waals surface area contributed by atoms with E-state index in [0.717, 1.165) is 22.5 Å². The summed E-state index contributed by atoms with van der Waals surface area (Å²) in [5.41, 5.74) is 1.08. The third-order valence-corrected chi connectivity index (χ3v) is 6.41. The molecule has 1 N–H and O–H groups in total. The fraction of sp³-hybridized carbons (Fsp3) is 0.391. The third kappa shape index (κ3) is 7.64. The molecule has 0 saturated carbocycles. The summed E-state index contributed by atoms with van der Waals surface area (Å²) in [5.74, 6) is -0.155. The fourth-order valence-electron chi connectivity index (χ4n) is 3.13. The van der Waals surface area contributed by atoms with Crippen LogP contribution >= 0.6 is 11.6 Å². The van der Waals surface area contributed by atoms with Gasteiger partial charge in [0, 0.05) is 18.1 Å². The molecule has 0 radical (unpaired) electrons. The van der Waals surface area contributed by atoms with Crippen molar-refractivity contribution >= 4 is 39.1 Å². The van der Waals surface area contributed by atoms with Gasteiger partial charge in [-0.15, -0.1) is 0 Å². The van der Waals surface area contributed by atoms with Crippen LogP contribution in [-0.2, 0) is 26.2 Å². The van der Waals surface area contributed by atoms with Crippen LogP contribution in [0.2, 0.25) is 5.02 Å². The summed E-state index contributed by atoms with van der Waals surface area (Å²) in [6.45, 7) is 3.71. The first-order valence-electron chi connectivity index (χ1n) is 10.5. The molecule has 1 unspecified atom stereocenters. The normalized spacial score (nSPS) is 12.0. The first-order chi connectivity index (χ1) is 15.6. The van der Waals surface area contributed by atoms with Crippen molar-refractivity contribution in [3.63, 3.8) is 0 Å². The number of benzene rings is 2. The Morgan fingerprint density at radius 3 is 2.21 bits per heavy atom. The number of methoxy groups -OCH3 is 1. The van der Waals surface area contributed by atoms with Gasteiger partial charge in [0.1, 0.15) is 18.3 Å². The molecule has 1 atom stereocenters. The number of nitrogens with zero attached hydrogens (tertiary/aromatic N) is 2. The number of anilines is 1. The molecule has 0 aliphatic heterocycles. The van der Waals surface area contributed by atoms with Crippen LogP contribution in [0.15, 0.2) is 48.5 Å². The zero-order valence-electron chi connectivity index (χ0n) is 19.2. The average Bonchev–Trinajstić information content (AvgIpc) is 2.79. The monoisotopic (exact) mass is 495 g/mol. The van der Waals surface area contributed by atoms with E-state index in [9.17, 15) is 18.0 Å². The first-order valence-corrected chi connectivity index (χ1v) is 12.7. The maximum absolute atomic E-state index is 13.4. The predicted molar refractivity (Wildman–Crippen MR) is 130 cm³/mol. The molecular formula is C23H30ClN3O5S. The van der Waals surface area contributed by atoms with Crippen LogP contribution in [0.4, 0.5) is 5.69 Å². The molecule has 8 nitrogen and oxygen atoms in total. The molecule has 33 heavy (non-hydrogen) atoms. The van der Waals surface area contributed by atoms with E-state index in [1.807, 2.05) is 6.92 Å². The van der Waals surface area contributed by atoms with E-state index in [0.29, 0.717) is 23.0 Å². The number of sulfonamides is 1. The van der Waals surface area contributed by atoms with E-state index in [1.165, 1.54) is 17.0 Å². The summed E-state index contributed by atoms with van der Waals surface area (Å²) in [6, 6.07) is 12.5. The van der Waals surface area contributed by atoms with E-state index < -0.39 is 28.5 Å². The maximum Gasteiger partial charge on any atom is 0.244 e. The molecule has 2 amide bonds. The number of rotatable bonds is 11. The molecule has 0 bridgehead atoms. The molecule has 0 spiro atoms. The summed E-state index contributed by atoms with van der Waals surface area (Å²) in [5, 5.41) is 3.24. The summed E-state index contributed by atoms with van der Waals surface area (Å²) in [4.78, 5) is 27.4. The van der Waals surface area contributed by atoms with Gasteiger partial charge in [-0.2, -0.15) is 0 Å². The molecule has 10 heteroatoms. The van der Waals surface area contributed by atoms with Crippen LogP contribution in [0.5, 0.6) is 5.75 Å². The summed E-state index contributed by atoms with van der Waals surface area (Å²) in [7, 11) is -2.22. The second-order valence-electron chi connectivity index (χ2n) is 7.58. The van der Waals surface area contributed by atoms with Crippen molar-refractivity contribution in [3.8, 4) is 5.75 Å². The minimum Gasteiger partial charge on any atom is -0.497 e. The second kappa shape index (κ2) is 11.9. The van der Waals surface area contributed by atoms with Gasteiger partial charge < -0.3 is 15.0 Å². The number of amides is 2. The fourth-order valence-corrected chi connectivity index (χ4v) is 4.10. The molecule has 0 aliphatic rings. The lowest BCUT2D eigenvalue weighted by Crippen LogP contribution is -2.51. The summed E-state index contributed by atoms with van der Waals surface area (Å²) >= 11 is 5.92. The first kappa shape index (κ1) is 26.5. The SMILES string of the molecule is CCCNC(=O)C(C)N(Cc1ccc(OC)cc1)C(=O)CN(c1ccc(Cl)cc1)S(C)(=O)=O. The molecule has 2 rings (SSSR count). The second-order valence-corrected chi connectivity index (χ2v) is 9.93. The van der Waals surface area contributed by atoms with Crippen LogP contribution in [0, 0.1) is 0 Å². The van der Waals surface area contributed by atoms with Gasteiger partial charge in [-0.3, -0.25) is 13.9 Å². The lowest BCUT2D eigenvalue weighted by Gasteiger charge is -2.31. The predicted octanol–water partition coefficient (Wildman–Crippen LogP) is 3.06. The van der Waals surface area contributed by atoms with Gasteiger partial charge >= 0.3 is 0 Å². The highest BCUT2D eigenvalue weighted by Gasteiger charge is 2.30. The van der Waals surface area contributed by atoms with Gasteiger partial charge in [0.05, 0.1) is 19.1 Å². The molecule has 2 aromatic rings. The Kier molecular flexibility index (Phi) is 9.55. The van der Waals surface area contributed by atoms with Gasteiger partial charge in [-0.25, -0.2) is 8.42 Å². The largest absolute Gasteiger partial charge is 0.497 e. The average molecular weight is 496 g/mol.